The fourth-order valence-corrected chi connectivity index (χ4v) is 5.65. The zero-order valence-electron chi connectivity index (χ0n) is 19.6. The first-order valence-corrected chi connectivity index (χ1v) is 12.9. The molecule has 0 unspecified atom stereocenters. The number of nitrogens with zero attached hydrogens (tertiary/aromatic N) is 2. The molecule has 1 aliphatic carbocycles. The molecular weight excluding hydrogens is 464 g/mol. The predicted molar refractivity (Wildman–Crippen MR) is 137 cm³/mol. The molecule has 35 heavy (non-hydrogen) atoms. The van der Waals surface area contributed by atoms with E-state index in [4.69, 9.17) is 4.74 Å². The van der Waals surface area contributed by atoms with Gasteiger partial charge in [-0.3, -0.25) is 19.3 Å². The zero-order valence-corrected chi connectivity index (χ0v) is 20.4. The lowest BCUT2D eigenvalue weighted by Gasteiger charge is -2.34. The van der Waals surface area contributed by atoms with E-state index in [9.17, 15) is 14.4 Å². The predicted octanol–water partition coefficient (Wildman–Crippen LogP) is 4.96. The van der Waals surface area contributed by atoms with Crippen LogP contribution in [0.2, 0.25) is 0 Å². The number of hydrogen-bond acceptors (Lipinski definition) is 6. The largest absolute Gasteiger partial charge is 0.482 e. The highest BCUT2D eigenvalue weighted by Crippen LogP contribution is 2.34. The molecule has 2 heterocycles. The lowest BCUT2D eigenvalue weighted by Crippen LogP contribution is -2.51. The van der Waals surface area contributed by atoms with Crippen molar-refractivity contribution in [3.8, 4) is 5.75 Å². The van der Waals surface area contributed by atoms with Gasteiger partial charge in [-0.2, -0.15) is 0 Å². The normalized spacial score (nSPS) is 16.9. The number of fused-ring (bicyclic) bond motifs is 2. The molecule has 1 fully saturated rings. The Morgan fingerprint density at radius 3 is 2.74 bits per heavy atom. The van der Waals surface area contributed by atoms with Gasteiger partial charge in [-0.1, -0.05) is 49.7 Å². The maximum absolute atomic E-state index is 13.2. The van der Waals surface area contributed by atoms with Gasteiger partial charge in [0.05, 0.1) is 15.9 Å². The zero-order chi connectivity index (χ0) is 24.4. The molecule has 5 rings (SSSR count). The van der Waals surface area contributed by atoms with Crippen LogP contribution in [0, 0.1) is 5.92 Å². The molecule has 2 aromatic carbocycles. The molecule has 2 aliphatic rings. The lowest BCUT2D eigenvalue weighted by molar-refractivity contribution is -0.125. The van der Waals surface area contributed by atoms with Gasteiger partial charge in [-0.15, -0.1) is 0 Å². The fraction of sp³-hybridized carbons (Fsp3) is 0.385. The van der Waals surface area contributed by atoms with Crippen molar-refractivity contribution in [1.82, 2.24) is 4.98 Å². The number of para-hydroxylation sites is 2. The summed E-state index contributed by atoms with van der Waals surface area (Å²) >= 11 is 1.42. The maximum atomic E-state index is 13.2. The van der Waals surface area contributed by atoms with Crippen LogP contribution in [-0.2, 0) is 14.4 Å². The van der Waals surface area contributed by atoms with Gasteiger partial charge < -0.3 is 15.4 Å². The van der Waals surface area contributed by atoms with E-state index in [0.29, 0.717) is 34.2 Å². The number of thiazole rings is 1. The second-order valence-electron chi connectivity index (χ2n) is 8.96. The standard InChI is InChI=1S/C26H28N4O4S/c1-2-19(30-20-10-6-7-11-21(20)34-15-23(30)31)25(33)27-17-12-13-22-18(14-17)28-26(35-22)29-24(32)16-8-4-3-5-9-16/h6-7,10-14,16,19H,2-5,8-9,15H2,1H3,(H,27,33)(H,28,29,32)/t19-/m0/s1. The molecule has 9 heteroatoms. The van der Waals surface area contributed by atoms with E-state index in [1.54, 1.807) is 18.2 Å². The van der Waals surface area contributed by atoms with Crippen LogP contribution in [0.15, 0.2) is 42.5 Å². The summed E-state index contributed by atoms with van der Waals surface area (Å²) in [5.74, 6) is 0.158. The second kappa shape index (κ2) is 10.0. The summed E-state index contributed by atoms with van der Waals surface area (Å²) < 4.78 is 6.44. The number of benzene rings is 2. The summed E-state index contributed by atoms with van der Waals surface area (Å²) in [6, 6.07) is 12.0. The van der Waals surface area contributed by atoms with Gasteiger partial charge >= 0.3 is 0 Å². The van der Waals surface area contributed by atoms with E-state index in [1.807, 2.05) is 31.2 Å². The monoisotopic (exact) mass is 492 g/mol. The Labute approximate surface area is 207 Å². The maximum Gasteiger partial charge on any atom is 0.265 e. The number of amides is 3. The third kappa shape index (κ3) is 4.86. The van der Waals surface area contributed by atoms with Crippen molar-refractivity contribution in [1.29, 1.82) is 0 Å². The number of nitrogens with one attached hydrogen (secondary N) is 2. The molecule has 1 aliphatic heterocycles. The summed E-state index contributed by atoms with van der Waals surface area (Å²) in [4.78, 5) is 44.6. The number of aromatic nitrogens is 1. The highest BCUT2D eigenvalue weighted by molar-refractivity contribution is 7.22. The van der Waals surface area contributed by atoms with Crippen LogP contribution < -0.4 is 20.3 Å². The Hall–Kier alpha value is -3.46. The Balaban J connectivity index is 1.31. The third-order valence-corrected chi connectivity index (χ3v) is 7.56. The molecule has 0 spiro atoms. The minimum Gasteiger partial charge on any atom is -0.482 e. The van der Waals surface area contributed by atoms with Crippen molar-refractivity contribution in [2.45, 2.75) is 51.5 Å². The van der Waals surface area contributed by atoms with Crippen LogP contribution in [0.25, 0.3) is 10.2 Å². The molecule has 1 atom stereocenters. The number of ether oxygens (including phenoxy) is 1. The van der Waals surface area contributed by atoms with Crippen molar-refractivity contribution in [3.63, 3.8) is 0 Å². The van der Waals surface area contributed by atoms with Crippen molar-refractivity contribution in [3.05, 3.63) is 42.5 Å². The third-order valence-electron chi connectivity index (χ3n) is 6.61. The van der Waals surface area contributed by atoms with Crippen molar-refractivity contribution < 1.29 is 19.1 Å². The van der Waals surface area contributed by atoms with Gasteiger partial charge in [0, 0.05) is 11.6 Å². The quantitative estimate of drug-likeness (QED) is 0.507. The average molecular weight is 493 g/mol. The van der Waals surface area contributed by atoms with E-state index in [-0.39, 0.29) is 30.2 Å². The van der Waals surface area contributed by atoms with Gasteiger partial charge in [0.15, 0.2) is 11.7 Å². The van der Waals surface area contributed by atoms with Crippen LogP contribution >= 0.6 is 11.3 Å². The number of carbonyl (C=O) groups excluding carboxylic acids is 3. The van der Waals surface area contributed by atoms with Crippen molar-refractivity contribution in [2.75, 3.05) is 22.1 Å². The first-order chi connectivity index (χ1) is 17.0. The molecule has 0 bridgehead atoms. The van der Waals surface area contributed by atoms with Crippen LogP contribution in [0.1, 0.15) is 45.4 Å². The van der Waals surface area contributed by atoms with E-state index < -0.39 is 6.04 Å². The van der Waals surface area contributed by atoms with Gasteiger partial charge in [-0.25, -0.2) is 4.98 Å². The average Bonchev–Trinajstić information content (AvgIpc) is 3.27. The topological polar surface area (TPSA) is 101 Å². The molecule has 0 saturated heterocycles. The SMILES string of the molecule is CC[C@@H](C(=O)Nc1ccc2sc(NC(=O)C3CCCCC3)nc2c1)N1C(=O)COc2ccccc21. The summed E-state index contributed by atoms with van der Waals surface area (Å²) in [6.07, 6.45) is 5.71. The van der Waals surface area contributed by atoms with Crippen LogP contribution in [-0.4, -0.2) is 35.4 Å². The summed E-state index contributed by atoms with van der Waals surface area (Å²) in [6.45, 7) is 1.78. The molecule has 182 valence electrons. The van der Waals surface area contributed by atoms with Gasteiger partial charge in [0.25, 0.3) is 5.91 Å². The lowest BCUT2D eigenvalue weighted by atomic mass is 9.89. The first kappa shape index (κ1) is 23.3. The van der Waals surface area contributed by atoms with Crippen molar-refractivity contribution >= 4 is 55.8 Å². The molecular formula is C26H28N4O4S. The number of anilines is 3. The van der Waals surface area contributed by atoms with Gasteiger partial charge in [0.1, 0.15) is 11.8 Å². The second-order valence-corrected chi connectivity index (χ2v) is 9.99. The molecule has 1 saturated carbocycles. The Morgan fingerprint density at radius 2 is 1.94 bits per heavy atom. The van der Waals surface area contributed by atoms with Gasteiger partial charge in [0.2, 0.25) is 11.8 Å². The van der Waals surface area contributed by atoms with E-state index in [1.165, 1.54) is 22.7 Å². The van der Waals surface area contributed by atoms with E-state index in [2.05, 4.69) is 15.6 Å². The Kier molecular flexibility index (Phi) is 6.68. The number of rotatable bonds is 6. The van der Waals surface area contributed by atoms with E-state index in [0.717, 1.165) is 30.4 Å². The molecule has 0 radical (unpaired) electrons. The van der Waals surface area contributed by atoms with Crippen LogP contribution in [0.3, 0.4) is 0 Å². The molecule has 1 aromatic heterocycles. The van der Waals surface area contributed by atoms with Crippen molar-refractivity contribution in [2.24, 2.45) is 5.92 Å². The Bertz CT molecular complexity index is 1270. The van der Waals surface area contributed by atoms with E-state index >= 15 is 0 Å². The number of hydrogen-bond donors (Lipinski definition) is 2. The van der Waals surface area contributed by atoms with Crippen LogP contribution in [0.4, 0.5) is 16.5 Å². The molecule has 3 aromatic rings. The summed E-state index contributed by atoms with van der Waals surface area (Å²) in [5.41, 5.74) is 1.89. The van der Waals surface area contributed by atoms with Crippen LogP contribution in [0.5, 0.6) is 5.75 Å². The molecule has 8 nitrogen and oxygen atoms in total. The number of carbonyl (C=O) groups is 3. The van der Waals surface area contributed by atoms with Gasteiger partial charge in [-0.05, 0) is 49.6 Å². The minimum absolute atomic E-state index is 0.0403. The summed E-state index contributed by atoms with van der Waals surface area (Å²) in [7, 11) is 0. The molecule has 3 amide bonds. The first-order valence-electron chi connectivity index (χ1n) is 12.1. The fourth-order valence-electron chi connectivity index (χ4n) is 4.80. The summed E-state index contributed by atoms with van der Waals surface area (Å²) in [5, 5.41) is 6.48. The smallest absolute Gasteiger partial charge is 0.265 e. The highest BCUT2D eigenvalue weighted by atomic mass is 32.1. The Morgan fingerprint density at radius 1 is 1.14 bits per heavy atom. The minimum atomic E-state index is -0.677. The molecule has 2 N–H and O–H groups in total. The highest BCUT2D eigenvalue weighted by Gasteiger charge is 2.34.